The Balaban J connectivity index is 1.63. The number of rotatable bonds is 6. The van der Waals surface area contributed by atoms with Gasteiger partial charge >= 0.3 is 5.97 Å². The van der Waals surface area contributed by atoms with Crippen LogP contribution in [0, 0.1) is 0 Å². The molecule has 1 aliphatic rings. The van der Waals surface area contributed by atoms with Crippen LogP contribution in [0.15, 0.2) is 42.5 Å². The number of carbonyl (C=O) groups excluding carboxylic acids is 2. The molecule has 172 valence electrons. The second-order valence-electron chi connectivity index (χ2n) is 7.97. The third-order valence-electron chi connectivity index (χ3n) is 5.88. The standard InChI is InChI=1S/C25H25Cl2N3O3/c1-3-22(24(31)28-15-9-10-18(26)19(27)13-15)33-25(32)23-16-7-5-6-8-20(16)29-21-11-12-30(4-2)14-17(21)23/h5-10,13,22H,3-4,11-12,14H2,1-2H3,(H,28,31). The van der Waals surface area contributed by atoms with E-state index in [1.54, 1.807) is 25.1 Å². The molecule has 0 saturated carbocycles. The van der Waals surface area contributed by atoms with Gasteiger partial charge in [0.05, 0.1) is 21.1 Å². The number of benzene rings is 2. The fraction of sp³-hybridized carbons (Fsp3) is 0.320. The zero-order chi connectivity index (χ0) is 23.5. The Morgan fingerprint density at radius 3 is 2.67 bits per heavy atom. The molecule has 1 amide bonds. The monoisotopic (exact) mass is 485 g/mol. The summed E-state index contributed by atoms with van der Waals surface area (Å²) in [5.41, 5.74) is 3.52. The molecule has 6 nitrogen and oxygen atoms in total. The third-order valence-corrected chi connectivity index (χ3v) is 6.62. The highest BCUT2D eigenvalue weighted by atomic mass is 35.5. The van der Waals surface area contributed by atoms with Gasteiger partial charge in [0.25, 0.3) is 5.91 Å². The minimum atomic E-state index is -0.958. The van der Waals surface area contributed by atoms with Crippen molar-refractivity contribution in [3.8, 4) is 0 Å². The number of likely N-dealkylation sites (N-methyl/N-ethyl adjacent to an activating group) is 1. The number of para-hydroxylation sites is 1. The van der Waals surface area contributed by atoms with Crippen molar-refractivity contribution in [1.82, 2.24) is 9.88 Å². The van der Waals surface area contributed by atoms with Crippen molar-refractivity contribution in [2.75, 3.05) is 18.4 Å². The van der Waals surface area contributed by atoms with Crippen molar-refractivity contribution >= 4 is 51.7 Å². The van der Waals surface area contributed by atoms with E-state index in [0.717, 1.165) is 41.7 Å². The number of carbonyl (C=O) groups is 2. The van der Waals surface area contributed by atoms with Gasteiger partial charge in [-0.2, -0.15) is 0 Å². The largest absolute Gasteiger partial charge is 0.449 e. The molecule has 3 aromatic rings. The van der Waals surface area contributed by atoms with E-state index < -0.39 is 18.0 Å². The van der Waals surface area contributed by atoms with E-state index in [1.165, 1.54) is 0 Å². The number of anilines is 1. The summed E-state index contributed by atoms with van der Waals surface area (Å²) < 4.78 is 5.76. The molecule has 2 aromatic carbocycles. The zero-order valence-electron chi connectivity index (χ0n) is 18.5. The summed E-state index contributed by atoms with van der Waals surface area (Å²) in [6, 6.07) is 12.4. The maximum absolute atomic E-state index is 13.5. The molecule has 8 heteroatoms. The fourth-order valence-corrected chi connectivity index (χ4v) is 4.35. The molecule has 1 aromatic heterocycles. The summed E-state index contributed by atoms with van der Waals surface area (Å²) in [6.07, 6.45) is 0.134. The van der Waals surface area contributed by atoms with Gasteiger partial charge in [0.2, 0.25) is 0 Å². The average Bonchev–Trinajstić information content (AvgIpc) is 2.82. The van der Waals surface area contributed by atoms with Crippen LogP contribution in [0.3, 0.4) is 0 Å². The van der Waals surface area contributed by atoms with Crippen LogP contribution >= 0.6 is 23.2 Å². The normalized spacial score (nSPS) is 14.5. The van der Waals surface area contributed by atoms with Crippen molar-refractivity contribution in [3.05, 3.63) is 69.3 Å². The molecule has 1 unspecified atom stereocenters. The minimum absolute atomic E-state index is 0.325. The number of hydrogen-bond acceptors (Lipinski definition) is 5. The third kappa shape index (κ3) is 4.98. The van der Waals surface area contributed by atoms with Gasteiger partial charge in [0.15, 0.2) is 6.10 Å². The number of hydrogen-bond donors (Lipinski definition) is 1. The van der Waals surface area contributed by atoms with Gasteiger partial charge in [-0.25, -0.2) is 4.79 Å². The van der Waals surface area contributed by atoms with Gasteiger partial charge < -0.3 is 10.1 Å². The SMILES string of the molecule is CCC(OC(=O)c1c2c(nc3ccccc13)CCN(CC)C2)C(=O)Nc1ccc(Cl)c(Cl)c1. The smallest absolute Gasteiger partial charge is 0.340 e. The van der Waals surface area contributed by atoms with Crippen LogP contribution in [-0.4, -0.2) is 41.0 Å². The summed E-state index contributed by atoms with van der Waals surface area (Å²) in [7, 11) is 0. The van der Waals surface area contributed by atoms with Gasteiger partial charge in [-0.05, 0) is 37.2 Å². The Morgan fingerprint density at radius 2 is 1.94 bits per heavy atom. The Kier molecular flexibility index (Phi) is 7.17. The van der Waals surface area contributed by atoms with E-state index in [2.05, 4.69) is 17.1 Å². The molecule has 1 aliphatic heterocycles. The van der Waals surface area contributed by atoms with Crippen LogP contribution in [-0.2, 0) is 22.5 Å². The first-order valence-corrected chi connectivity index (χ1v) is 11.8. The lowest BCUT2D eigenvalue weighted by molar-refractivity contribution is -0.124. The molecule has 4 rings (SSSR count). The van der Waals surface area contributed by atoms with Crippen molar-refractivity contribution in [2.45, 2.75) is 39.3 Å². The highest BCUT2D eigenvalue weighted by Gasteiger charge is 2.29. The summed E-state index contributed by atoms with van der Waals surface area (Å²) in [5.74, 6) is -0.939. The van der Waals surface area contributed by atoms with Crippen LogP contribution in [0.5, 0.6) is 0 Å². The molecule has 0 bridgehead atoms. The average molecular weight is 486 g/mol. The number of fused-ring (bicyclic) bond motifs is 2. The summed E-state index contributed by atoms with van der Waals surface area (Å²) in [5, 5.41) is 4.21. The van der Waals surface area contributed by atoms with E-state index in [9.17, 15) is 9.59 Å². The Labute approximate surface area is 202 Å². The highest BCUT2D eigenvalue weighted by molar-refractivity contribution is 6.42. The Morgan fingerprint density at radius 1 is 1.15 bits per heavy atom. The maximum Gasteiger partial charge on any atom is 0.340 e. The van der Waals surface area contributed by atoms with Crippen LogP contribution in [0.2, 0.25) is 10.0 Å². The first kappa shape index (κ1) is 23.5. The van der Waals surface area contributed by atoms with E-state index in [0.29, 0.717) is 34.3 Å². The maximum atomic E-state index is 13.5. The summed E-state index contributed by atoms with van der Waals surface area (Å²) >= 11 is 12.0. The predicted molar refractivity (Wildman–Crippen MR) is 131 cm³/mol. The fourth-order valence-electron chi connectivity index (χ4n) is 4.06. The number of halogens is 2. The van der Waals surface area contributed by atoms with Gasteiger partial charge in [-0.15, -0.1) is 0 Å². The van der Waals surface area contributed by atoms with E-state index in [1.807, 2.05) is 24.3 Å². The number of aromatic nitrogens is 1. The number of pyridine rings is 1. The number of nitrogens with zero attached hydrogens (tertiary/aromatic N) is 2. The van der Waals surface area contributed by atoms with Crippen LogP contribution < -0.4 is 5.32 Å². The molecule has 1 atom stereocenters. The Hall–Kier alpha value is -2.67. The highest BCUT2D eigenvalue weighted by Crippen LogP contribution is 2.29. The number of amides is 1. The zero-order valence-corrected chi connectivity index (χ0v) is 20.0. The van der Waals surface area contributed by atoms with E-state index in [4.69, 9.17) is 32.9 Å². The molecule has 33 heavy (non-hydrogen) atoms. The summed E-state index contributed by atoms with van der Waals surface area (Å²) in [4.78, 5) is 33.4. The van der Waals surface area contributed by atoms with E-state index >= 15 is 0 Å². The van der Waals surface area contributed by atoms with Crippen LogP contribution in [0.4, 0.5) is 5.69 Å². The van der Waals surface area contributed by atoms with Crippen molar-refractivity contribution in [3.63, 3.8) is 0 Å². The molecule has 0 fully saturated rings. The number of nitrogens with one attached hydrogen (secondary N) is 1. The molecule has 2 heterocycles. The van der Waals surface area contributed by atoms with Crippen LogP contribution in [0.1, 0.15) is 41.9 Å². The molecule has 0 radical (unpaired) electrons. The van der Waals surface area contributed by atoms with Crippen molar-refractivity contribution in [2.24, 2.45) is 0 Å². The lowest BCUT2D eigenvalue weighted by Crippen LogP contribution is -2.35. The second-order valence-corrected chi connectivity index (χ2v) is 8.78. The molecule has 1 N–H and O–H groups in total. The summed E-state index contributed by atoms with van der Waals surface area (Å²) in [6.45, 7) is 6.29. The number of esters is 1. The van der Waals surface area contributed by atoms with Gasteiger partial charge in [0.1, 0.15) is 0 Å². The van der Waals surface area contributed by atoms with Crippen molar-refractivity contribution in [1.29, 1.82) is 0 Å². The molecule has 0 spiro atoms. The van der Waals surface area contributed by atoms with Gasteiger partial charge in [0, 0.05) is 41.8 Å². The molecule has 0 saturated heterocycles. The topological polar surface area (TPSA) is 71.5 Å². The van der Waals surface area contributed by atoms with Crippen LogP contribution in [0.25, 0.3) is 10.9 Å². The van der Waals surface area contributed by atoms with Crippen molar-refractivity contribution < 1.29 is 14.3 Å². The second kappa shape index (κ2) is 10.1. The lowest BCUT2D eigenvalue weighted by atomic mass is 9.95. The first-order valence-electron chi connectivity index (χ1n) is 11.0. The molecule has 0 aliphatic carbocycles. The molecular formula is C25H25Cl2N3O3. The van der Waals surface area contributed by atoms with E-state index in [-0.39, 0.29) is 0 Å². The molecular weight excluding hydrogens is 461 g/mol. The minimum Gasteiger partial charge on any atom is -0.449 e. The predicted octanol–water partition coefficient (Wildman–Crippen LogP) is 5.49. The Bertz CT molecular complexity index is 1210. The first-order chi connectivity index (χ1) is 15.9. The quantitative estimate of drug-likeness (QED) is 0.467. The lowest BCUT2D eigenvalue weighted by Gasteiger charge is -2.29. The van der Waals surface area contributed by atoms with Gasteiger partial charge in [-0.3, -0.25) is 14.7 Å². The van der Waals surface area contributed by atoms with Gasteiger partial charge in [-0.1, -0.05) is 55.2 Å². The number of ether oxygens (including phenoxy) is 1.